The number of nitrogens with zero attached hydrogens (tertiary/aromatic N) is 1. The van der Waals surface area contributed by atoms with Gasteiger partial charge in [-0.1, -0.05) is 41.9 Å². The van der Waals surface area contributed by atoms with Crippen LogP contribution in [0.4, 0.5) is 4.39 Å². The van der Waals surface area contributed by atoms with Crippen LogP contribution in [0.15, 0.2) is 48.5 Å². The lowest BCUT2D eigenvalue weighted by atomic mass is 10.1. The van der Waals surface area contributed by atoms with Gasteiger partial charge in [-0.25, -0.2) is 9.37 Å². The predicted octanol–water partition coefficient (Wildman–Crippen LogP) is 4.63. The highest BCUT2D eigenvalue weighted by Gasteiger charge is 2.06. The predicted molar refractivity (Wildman–Crippen MR) is 88.4 cm³/mol. The second kappa shape index (κ2) is 6.42. The Morgan fingerprint density at radius 1 is 1.09 bits per heavy atom. The van der Waals surface area contributed by atoms with E-state index in [1.807, 2.05) is 25.1 Å². The fourth-order valence-corrected chi connectivity index (χ4v) is 2.64. The number of hydrogen-bond donors (Lipinski definition) is 1. The zero-order valence-corrected chi connectivity index (χ0v) is 13.0. The molecule has 0 aliphatic rings. The maximum Gasteiger partial charge on any atom is 0.134 e. The zero-order valence-electron chi connectivity index (χ0n) is 12.2. The summed E-state index contributed by atoms with van der Waals surface area (Å²) >= 11 is 6.28. The van der Waals surface area contributed by atoms with Gasteiger partial charge in [0.05, 0.1) is 5.52 Å². The largest absolute Gasteiger partial charge is 0.309 e. The third-order valence-corrected chi connectivity index (χ3v) is 3.96. The molecule has 0 radical (unpaired) electrons. The number of para-hydroxylation sites is 1. The molecule has 0 amide bonds. The van der Waals surface area contributed by atoms with E-state index in [-0.39, 0.29) is 5.82 Å². The molecule has 0 fully saturated rings. The van der Waals surface area contributed by atoms with Gasteiger partial charge in [0.15, 0.2) is 0 Å². The molecule has 0 saturated heterocycles. The van der Waals surface area contributed by atoms with Crippen LogP contribution in [0.5, 0.6) is 0 Å². The summed E-state index contributed by atoms with van der Waals surface area (Å²) in [6.07, 6.45) is 0. The lowest BCUT2D eigenvalue weighted by molar-refractivity contribution is 0.625. The highest BCUT2D eigenvalue weighted by atomic mass is 35.5. The van der Waals surface area contributed by atoms with Crippen molar-refractivity contribution >= 4 is 22.5 Å². The van der Waals surface area contributed by atoms with Gasteiger partial charge in [0.25, 0.3) is 0 Å². The summed E-state index contributed by atoms with van der Waals surface area (Å²) < 4.78 is 12.9. The summed E-state index contributed by atoms with van der Waals surface area (Å²) in [5.41, 5.74) is 4.05. The highest BCUT2D eigenvalue weighted by molar-refractivity contribution is 6.30. The Bertz CT molecular complexity index is 800. The van der Waals surface area contributed by atoms with E-state index in [1.165, 1.54) is 12.1 Å². The van der Waals surface area contributed by atoms with Crippen LogP contribution in [0.1, 0.15) is 16.7 Å². The van der Waals surface area contributed by atoms with Gasteiger partial charge in [0.2, 0.25) is 0 Å². The molecule has 3 aromatic rings. The summed E-state index contributed by atoms with van der Waals surface area (Å²) in [5.74, 6) is -0.221. The number of hydrogen-bond acceptors (Lipinski definition) is 2. The minimum absolute atomic E-state index is 0.221. The van der Waals surface area contributed by atoms with Gasteiger partial charge < -0.3 is 5.32 Å². The van der Waals surface area contributed by atoms with Gasteiger partial charge in [0.1, 0.15) is 11.0 Å². The number of nitrogens with one attached hydrogen (secondary N) is 1. The van der Waals surface area contributed by atoms with E-state index >= 15 is 0 Å². The summed E-state index contributed by atoms with van der Waals surface area (Å²) in [6.45, 7) is 3.30. The average molecular weight is 315 g/mol. The van der Waals surface area contributed by atoms with Gasteiger partial charge in [-0.05, 0) is 36.2 Å². The molecule has 0 unspecified atom stereocenters. The van der Waals surface area contributed by atoms with Crippen molar-refractivity contribution in [3.8, 4) is 0 Å². The van der Waals surface area contributed by atoms with Crippen LogP contribution in [0.3, 0.4) is 0 Å². The van der Waals surface area contributed by atoms with Crippen molar-refractivity contribution in [1.82, 2.24) is 10.3 Å². The smallest absolute Gasteiger partial charge is 0.134 e. The summed E-state index contributed by atoms with van der Waals surface area (Å²) in [5, 5.41) is 4.92. The molecule has 4 heteroatoms. The number of aromatic nitrogens is 1. The molecular formula is C18H16ClFN2. The van der Waals surface area contributed by atoms with E-state index < -0.39 is 0 Å². The lowest BCUT2D eigenvalue weighted by Gasteiger charge is -2.09. The zero-order chi connectivity index (χ0) is 15.5. The minimum atomic E-state index is -0.221. The van der Waals surface area contributed by atoms with Gasteiger partial charge in [0, 0.05) is 24.0 Å². The molecule has 1 aromatic heterocycles. The number of halogens is 2. The first kappa shape index (κ1) is 14.9. The molecule has 22 heavy (non-hydrogen) atoms. The van der Waals surface area contributed by atoms with E-state index in [9.17, 15) is 4.39 Å². The Hall–Kier alpha value is -1.97. The minimum Gasteiger partial charge on any atom is -0.309 e. The Kier molecular flexibility index (Phi) is 4.36. The number of fused-ring (bicyclic) bond motifs is 1. The molecular weight excluding hydrogens is 299 g/mol. The van der Waals surface area contributed by atoms with Crippen LogP contribution in [0.2, 0.25) is 5.15 Å². The topological polar surface area (TPSA) is 24.9 Å². The maximum atomic E-state index is 12.9. The fourth-order valence-electron chi connectivity index (χ4n) is 2.44. The van der Waals surface area contributed by atoms with E-state index in [2.05, 4.69) is 16.4 Å². The van der Waals surface area contributed by atoms with Crippen molar-refractivity contribution in [3.05, 3.63) is 76.2 Å². The van der Waals surface area contributed by atoms with Crippen LogP contribution in [-0.2, 0) is 13.1 Å². The molecule has 0 aliphatic heterocycles. The second-order valence-electron chi connectivity index (χ2n) is 5.31. The van der Waals surface area contributed by atoms with Crippen LogP contribution < -0.4 is 5.32 Å². The lowest BCUT2D eigenvalue weighted by Crippen LogP contribution is -2.13. The third-order valence-electron chi connectivity index (χ3n) is 3.63. The van der Waals surface area contributed by atoms with Crippen LogP contribution in [0, 0.1) is 12.7 Å². The Morgan fingerprint density at radius 2 is 1.86 bits per heavy atom. The quantitative estimate of drug-likeness (QED) is 0.710. The molecule has 0 saturated carbocycles. The van der Waals surface area contributed by atoms with Crippen molar-refractivity contribution < 1.29 is 4.39 Å². The standard InChI is InChI=1S/C18H16ClFN2/c1-12-3-2-4-14-9-15(18(19)22-17(12)14)11-21-10-13-5-7-16(20)8-6-13/h2-9,21H,10-11H2,1H3. The normalized spacial score (nSPS) is 11.0. The van der Waals surface area contributed by atoms with E-state index in [4.69, 9.17) is 11.6 Å². The Morgan fingerprint density at radius 3 is 2.64 bits per heavy atom. The van der Waals surface area contributed by atoms with Gasteiger partial charge >= 0.3 is 0 Å². The first-order valence-corrected chi connectivity index (χ1v) is 7.51. The molecule has 2 aromatic carbocycles. The Balaban J connectivity index is 1.73. The first-order chi connectivity index (χ1) is 10.6. The molecule has 0 aliphatic carbocycles. The van der Waals surface area contributed by atoms with Crippen LogP contribution in [-0.4, -0.2) is 4.98 Å². The molecule has 1 heterocycles. The van der Waals surface area contributed by atoms with Crippen LogP contribution in [0.25, 0.3) is 10.9 Å². The van der Waals surface area contributed by atoms with Crippen molar-refractivity contribution in [3.63, 3.8) is 0 Å². The highest BCUT2D eigenvalue weighted by Crippen LogP contribution is 2.22. The first-order valence-electron chi connectivity index (χ1n) is 7.13. The third kappa shape index (κ3) is 3.26. The van der Waals surface area contributed by atoms with Gasteiger partial charge in [-0.3, -0.25) is 0 Å². The molecule has 0 bridgehead atoms. The van der Waals surface area contributed by atoms with Gasteiger partial charge in [-0.15, -0.1) is 0 Å². The molecule has 0 spiro atoms. The molecule has 1 N–H and O–H groups in total. The SMILES string of the molecule is Cc1cccc2cc(CNCc3ccc(F)cc3)c(Cl)nc12. The number of rotatable bonds is 4. The number of pyridine rings is 1. The van der Waals surface area contributed by atoms with Crippen molar-refractivity contribution in [2.24, 2.45) is 0 Å². The van der Waals surface area contributed by atoms with Crippen molar-refractivity contribution in [2.75, 3.05) is 0 Å². The Labute approximate surface area is 134 Å². The van der Waals surface area contributed by atoms with Crippen molar-refractivity contribution in [2.45, 2.75) is 20.0 Å². The van der Waals surface area contributed by atoms with Crippen molar-refractivity contribution in [1.29, 1.82) is 0 Å². The molecule has 112 valence electrons. The fraction of sp³-hybridized carbons (Fsp3) is 0.167. The monoisotopic (exact) mass is 314 g/mol. The molecule has 3 rings (SSSR count). The average Bonchev–Trinajstić information content (AvgIpc) is 2.51. The van der Waals surface area contributed by atoms with Gasteiger partial charge in [-0.2, -0.15) is 0 Å². The maximum absolute atomic E-state index is 12.9. The van der Waals surface area contributed by atoms with E-state index in [0.29, 0.717) is 18.2 Å². The second-order valence-corrected chi connectivity index (χ2v) is 5.67. The number of benzene rings is 2. The summed E-state index contributed by atoms with van der Waals surface area (Å²) in [7, 11) is 0. The van der Waals surface area contributed by atoms with E-state index in [0.717, 1.165) is 27.6 Å². The molecule has 2 nitrogen and oxygen atoms in total. The van der Waals surface area contributed by atoms with E-state index in [1.54, 1.807) is 12.1 Å². The number of aryl methyl sites for hydroxylation is 1. The summed E-state index contributed by atoms with van der Waals surface area (Å²) in [4.78, 5) is 4.49. The molecule has 0 atom stereocenters. The van der Waals surface area contributed by atoms with Crippen LogP contribution >= 0.6 is 11.6 Å². The summed E-state index contributed by atoms with van der Waals surface area (Å²) in [6, 6.07) is 14.6.